The van der Waals surface area contributed by atoms with E-state index in [1.807, 2.05) is 7.05 Å². The molecule has 1 aliphatic carbocycles. The Labute approximate surface area is 108 Å². The van der Waals surface area contributed by atoms with Crippen molar-refractivity contribution in [2.75, 3.05) is 13.2 Å². The van der Waals surface area contributed by atoms with Gasteiger partial charge >= 0.3 is 0 Å². The first kappa shape index (κ1) is 12.1. The lowest BCUT2D eigenvalue weighted by Gasteiger charge is -2.46. The Balaban J connectivity index is 1.86. The third-order valence-corrected chi connectivity index (χ3v) is 4.36. The third kappa shape index (κ3) is 2.06. The predicted octanol–water partition coefficient (Wildman–Crippen LogP) is 1.42. The lowest BCUT2D eigenvalue weighted by molar-refractivity contribution is -0.126. The fourth-order valence-corrected chi connectivity index (χ4v) is 3.23. The summed E-state index contributed by atoms with van der Waals surface area (Å²) < 4.78 is 7.95. The Kier molecular flexibility index (Phi) is 3.11. The second-order valence-electron chi connectivity index (χ2n) is 5.76. The van der Waals surface area contributed by atoms with Crippen molar-refractivity contribution in [3.05, 3.63) is 12.2 Å². The molecule has 5 nitrogen and oxygen atoms in total. The van der Waals surface area contributed by atoms with Crippen LogP contribution in [0.1, 0.15) is 44.5 Å². The summed E-state index contributed by atoms with van der Waals surface area (Å²) in [5.41, 5.74) is -0.0773. The number of aromatic nitrogens is 3. The highest BCUT2D eigenvalue weighted by Gasteiger charge is 2.46. The van der Waals surface area contributed by atoms with Gasteiger partial charge in [-0.2, -0.15) is 5.10 Å². The van der Waals surface area contributed by atoms with E-state index in [1.54, 1.807) is 11.0 Å². The molecular weight excluding hydrogens is 228 g/mol. The van der Waals surface area contributed by atoms with Crippen molar-refractivity contribution in [1.29, 1.82) is 0 Å². The minimum Gasteiger partial charge on any atom is -0.372 e. The summed E-state index contributed by atoms with van der Waals surface area (Å²) >= 11 is 0. The SMILES string of the molecule is CC1CCC2(CC1)OCCNC2c1ncn(C)n1. The van der Waals surface area contributed by atoms with Gasteiger partial charge in [-0.05, 0) is 31.6 Å². The van der Waals surface area contributed by atoms with Crippen molar-refractivity contribution in [2.45, 2.75) is 44.2 Å². The van der Waals surface area contributed by atoms with Crippen LogP contribution in [0.4, 0.5) is 0 Å². The van der Waals surface area contributed by atoms with E-state index in [1.165, 1.54) is 12.8 Å². The fraction of sp³-hybridized carbons (Fsp3) is 0.846. The van der Waals surface area contributed by atoms with Crippen LogP contribution in [-0.4, -0.2) is 33.5 Å². The summed E-state index contributed by atoms with van der Waals surface area (Å²) in [4.78, 5) is 4.42. The van der Waals surface area contributed by atoms with Crippen LogP contribution in [0.3, 0.4) is 0 Å². The molecule has 0 amide bonds. The Morgan fingerprint density at radius 3 is 2.89 bits per heavy atom. The molecular formula is C13H22N4O. The highest BCUT2D eigenvalue weighted by atomic mass is 16.5. The monoisotopic (exact) mass is 250 g/mol. The van der Waals surface area contributed by atoms with Crippen molar-refractivity contribution < 1.29 is 4.74 Å². The van der Waals surface area contributed by atoms with E-state index >= 15 is 0 Å². The third-order valence-electron chi connectivity index (χ3n) is 4.36. The van der Waals surface area contributed by atoms with Crippen LogP contribution < -0.4 is 5.32 Å². The number of rotatable bonds is 1. The summed E-state index contributed by atoms with van der Waals surface area (Å²) in [5, 5.41) is 8.03. The van der Waals surface area contributed by atoms with Crippen molar-refractivity contribution in [2.24, 2.45) is 13.0 Å². The summed E-state index contributed by atoms with van der Waals surface area (Å²) in [6, 6.07) is 0.153. The Morgan fingerprint density at radius 1 is 1.44 bits per heavy atom. The van der Waals surface area contributed by atoms with Crippen molar-refractivity contribution in [1.82, 2.24) is 20.1 Å². The van der Waals surface area contributed by atoms with Gasteiger partial charge in [-0.25, -0.2) is 4.98 Å². The van der Waals surface area contributed by atoms with Crippen molar-refractivity contribution >= 4 is 0 Å². The van der Waals surface area contributed by atoms with E-state index in [9.17, 15) is 0 Å². The zero-order valence-corrected chi connectivity index (χ0v) is 11.2. The first-order valence-corrected chi connectivity index (χ1v) is 6.92. The molecule has 100 valence electrons. The lowest BCUT2D eigenvalue weighted by atomic mass is 9.74. The number of morpholine rings is 1. The van der Waals surface area contributed by atoms with Crippen LogP contribution in [0.2, 0.25) is 0 Å². The molecule has 1 N–H and O–H groups in total. The number of nitrogens with zero attached hydrogens (tertiary/aromatic N) is 3. The summed E-state index contributed by atoms with van der Waals surface area (Å²) in [6.45, 7) is 4.02. The standard InChI is InChI=1S/C13H22N4O/c1-10-3-5-13(6-4-10)11(14-7-8-18-13)12-15-9-17(2)16-12/h9-11,14H,3-8H2,1-2H3. The van der Waals surface area contributed by atoms with Gasteiger partial charge in [-0.3, -0.25) is 4.68 Å². The molecule has 0 radical (unpaired) electrons. The predicted molar refractivity (Wildman–Crippen MR) is 68.1 cm³/mol. The Hall–Kier alpha value is -0.940. The zero-order chi connectivity index (χ0) is 12.6. The van der Waals surface area contributed by atoms with Crippen LogP contribution in [0.5, 0.6) is 0 Å². The minimum absolute atomic E-state index is 0.0773. The molecule has 1 saturated heterocycles. The van der Waals surface area contributed by atoms with Gasteiger partial charge in [0.2, 0.25) is 0 Å². The topological polar surface area (TPSA) is 52.0 Å². The van der Waals surface area contributed by atoms with E-state index in [2.05, 4.69) is 22.3 Å². The molecule has 1 unspecified atom stereocenters. The Morgan fingerprint density at radius 2 is 2.22 bits per heavy atom. The highest BCUT2D eigenvalue weighted by molar-refractivity contribution is 5.07. The maximum Gasteiger partial charge on any atom is 0.170 e. The number of hydrogen-bond acceptors (Lipinski definition) is 4. The molecule has 0 bridgehead atoms. The fourth-order valence-electron chi connectivity index (χ4n) is 3.23. The van der Waals surface area contributed by atoms with Gasteiger partial charge in [0.25, 0.3) is 0 Å². The van der Waals surface area contributed by atoms with Gasteiger partial charge < -0.3 is 10.1 Å². The number of aryl methyl sites for hydroxylation is 1. The van der Waals surface area contributed by atoms with E-state index in [0.717, 1.165) is 37.7 Å². The summed E-state index contributed by atoms with van der Waals surface area (Å²) in [6.07, 6.45) is 6.48. The maximum atomic E-state index is 6.18. The Bertz CT molecular complexity index is 409. The molecule has 2 fully saturated rings. The maximum absolute atomic E-state index is 6.18. The molecule has 1 saturated carbocycles. The second kappa shape index (κ2) is 4.63. The van der Waals surface area contributed by atoms with Gasteiger partial charge in [0.15, 0.2) is 5.82 Å². The molecule has 1 aliphatic heterocycles. The smallest absolute Gasteiger partial charge is 0.170 e. The van der Waals surface area contributed by atoms with Gasteiger partial charge in [0.1, 0.15) is 6.33 Å². The molecule has 1 atom stereocenters. The quantitative estimate of drug-likeness (QED) is 0.819. The molecule has 18 heavy (non-hydrogen) atoms. The molecule has 1 aromatic rings. The van der Waals surface area contributed by atoms with Crippen molar-refractivity contribution in [3.8, 4) is 0 Å². The normalized spacial score (nSPS) is 37.0. The number of hydrogen-bond donors (Lipinski definition) is 1. The van der Waals surface area contributed by atoms with E-state index < -0.39 is 0 Å². The van der Waals surface area contributed by atoms with Crippen LogP contribution in [-0.2, 0) is 11.8 Å². The van der Waals surface area contributed by atoms with Crippen molar-refractivity contribution in [3.63, 3.8) is 0 Å². The largest absolute Gasteiger partial charge is 0.372 e. The van der Waals surface area contributed by atoms with Gasteiger partial charge in [-0.1, -0.05) is 6.92 Å². The van der Waals surface area contributed by atoms with Gasteiger partial charge in [0, 0.05) is 13.6 Å². The molecule has 1 aromatic heterocycles. The molecule has 3 rings (SSSR count). The van der Waals surface area contributed by atoms with Gasteiger partial charge in [-0.15, -0.1) is 0 Å². The average molecular weight is 250 g/mol. The molecule has 1 spiro atoms. The van der Waals surface area contributed by atoms with E-state index in [-0.39, 0.29) is 11.6 Å². The molecule has 5 heteroatoms. The molecule has 2 heterocycles. The van der Waals surface area contributed by atoms with Crippen LogP contribution >= 0.6 is 0 Å². The summed E-state index contributed by atoms with van der Waals surface area (Å²) in [5.74, 6) is 1.70. The number of ether oxygens (including phenoxy) is 1. The first-order valence-electron chi connectivity index (χ1n) is 6.92. The highest BCUT2D eigenvalue weighted by Crippen LogP contribution is 2.43. The number of nitrogens with one attached hydrogen (secondary N) is 1. The van der Waals surface area contributed by atoms with Crippen LogP contribution in [0, 0.1) is 5.92 Å². The summed E-state index contributed by atoms with van der Waals surface area (Å²) in [7, 11) is 1.91. The minimum atomic E-state index is -0.0773. The average Bonchev–Trinajstić information content (AvgIpc) is 2.80. The van der Waals surface area contributed by atoms with Gasteiger partial charge in [0.05, 0.1) is 18.2 Å². The molecule has 0 aromatic carbocycles. The van der Waals surface area contributed by atoms with Crippen LogP contribution in [0.25, 0.3) is 0 Å². The van der Waals surface area contributed by atoms with E-state index in [0.29, 0.717) is 0 Å². The lowest BCUT2D eigenvalue weighted by Crippen LogP contribution is -2.54. The zero-order valence-electron chi connectivity index (χ0n) is 11.2. The van der Waals surface area contributed by atoms with Crippen LogP contribution in [0.15, 0.2) is 6.33 Å². The second-order valence-corrected chi connectivity index (χ2v) is 5.76. The first-order chi connectivity index (χ1) is 8.70. The van der Waals surface area contributed by atoms with E-state index in [4.69, 9.17) is 4.74 Å². The molecule has 2 aliphatic rings.